The van der Waals surface area contributed by atoms with Gasteiger partial charge in [-0.05, 0) is 36.0 Å². The Bertz CT molecular complexity index is 504. The predicted octanol–water partition coefficient (Wildman–Crippen LogP) is 3.00. The van der Waals surface area contributed by atoms with Gasteiger partial charge in [0.05, 0.1) is 6.54 Å². The molecule has 1 saturated carbocycles. The number of rotatable bonds is 4. The van der Waals surface area contributed by atoms with E-state index in [4.69, 9.17) is 15.2 Å². The van der Waals surface area contributed by atoms with Gasteiger partial charge in [-0.3, -0.25) is 0 Å². The van der Waals surface area contributed by atoms with Gasteiger partial charge < -0.3 is 15.2 Å². The van der Waals surface area contributed by atoms with Crippen molar-refractivity contribution in [3.05, 3.63) is 29.8 Å². The van der Waals surface area contributed by atoms with Gasteiger partial charge in [-0.2, -0.15) is 0 Å². The van der Waals surface area contributed by atoms with Crippen molar-refractivity contribution >= 4 is 6.02 Å². The second-order valence-corrected chi connectivity index (χ2v) is 6.38. The minimum atomic E-state index is -0.0551. The van der Waals surface area contributed by atoms with E-state index in [-0.39, 0.29) is 12.1 Å². The number of benzene rings is 1. The van der Waals surface area contributed by atoms with E-state index < -0.39 is 0 Å². The van der Waals surface area contributed by atoms with E-state index in [2.05, 4.69) is 36.2 Å². The number of hydrogen-bond acceptors (Lipinski definition) is 4. The number of aliphatic imine (C=N–C) groups is 1. The molecule has 1 aromatic carbocycles. The van der Waals surface area contributed by atoms with Crippen LogP contribution in [0.2, 0.25) is 0 Å². The Morgan fingerprint density at radius 1 is 1.24 bits per heavy atom. The summed E-state index contributed by atoms with van der Waals surface area (Å²) in [7, 11) is 0. The van der Waals surface area contributed by atoms with Crippen LogP contribution in [0.5, 0.6) is 5.75 Å². The van der Waals surface area contributed by atoms with Crippen molar-refractivity contribution in [1.29, 1.82) is 0 Å². The highest BCUT2D eigenvalue weighted by atomic mass is 16.5. The molecule has 4 nitrogen and oxygen atoms in total. The lowest BCUT2D eigenvalue weighted by Gasteiger charge is -2.34. The maximum atomic E-state index is 5.76. The highest BCUT2D eigenvalue weighted by Crippen LogP contribution is 2.39. The molecular weight excluding hydrogens is 264 g/mol. The summed E-state index contributed by atoms with van der Waals surface area (Å²) in [4.78, 5) is 4.01. The van der Waals surface area contributed by atoms with Crippen LogP contribution < -0.4 is 10.5 Å². The Labute approximate surface area is 126 Å². The molecule has 2 N–H and O–H groups in total. The molecule has 0 unspecified atom stereocenters. The van der Waals surface area contributed by atoms with Crippen LogP contribution in [0.25, 0.3) is 0 Å². The fourth-order valence-electron chi connectivity index (χ4n) is 3.29. The molecule has 0 bridgehead atoms. The van der Waals surface area contributed by atoms with E-state index in [9.17, 15) is 0 Å². The fraction of sp³-hybridized carbons (Fsp3) is 0.588. The van der Waals surface area contributed by atoms with Gasteiger partial charge in [-0.1, -0.05) is 38.3 Å². The molecule has 0 radical (unpaired) electrons. The molecule has 0 aromatic heterocycles. The molecule has 2 aliphatic rings. The topological polar surface area (TPSA) is 56.8 Å². The first-order valence-electron chi connectivity index (χ1n) is 7.86. The molecule has 3 rings (SSSR count). The SMILES string of the molecule is CC1(c2ccc(OC[C@@H]3CN=C(N)O3)cc2)CCCCC1. The average Bonchev–Trinajstić information content (AvgIpc) is 2.92. The van der Waals surface area contributed by atoms with E-state index in [1.54, 1.807) is 0 Å². The molecule has 1 aromatic rings. The molecule has 1 aliphatic heterocycles. The summed E-state index contributed by atoms with van der Waals surface area (Å²) in [5, 5.41) is 0. The number of nitrogens with two attached hydrogens (primary N) is 1. The molecule has 0 spiro atoms. The normalized spacial score (nSPS) is 24.2. The van der Waals surface area contributed by atoms with Crippen molar-refractivity contribution < 1.29 is 9.47 Å². The van der Waals surface area contributed by atoms with Crippen molar-refractivity contribution in [3.63, 3.8) is 0 Å². The van der Waals surface area contributed by atoms with Gasteiger partial charge in [-0.15, -0.1) is 0 Å². The summed E-state index contributed by atoms with van der Waals surface area (Å²) in [6, 6.07) is 8.81. The zero-order chi connectivity index (χ0) is 14.7. The van der Waals surface area contributed by atoms with Crippen molar-refractivity contribution in [3.8, 4) is 5.75 Å². The van der Waals surface area contributed by atoms with Crippen LogP contribution in [0.4, 0.5) is 0 Å². The number of hydrogen-bond donors (Lipinski definition) is 1. The second-order valence-electron chi connectivity index (χ2n) is 6.38. The van der Waals surface area contributed by atoms with E-state index >= 15 is 0 Å². The van der Waals surface area contributed by atoms with Gasteiger partial charge in [-0.25, -0.2) is 4.99 Å². The van der Waals surface area contributed by atoms with Crippen LogP contribution in [0.15, 0.2) is 29.3 Å². The molecule has 4 heteroatoms. The van der Waals surface area contributed by atoms with Crippen LogP contribution in [0.1, 0.15) is 44.6 Å². The minimum Gasteiger partial charge on any atom is -0.490 e. The molecule has 0 amide bonds. The van der Waals surface area contributed by atoms with Gasteiger partial charge in [0.1, 0.15) is 12.4 Å². The van der Waals surface area contributed by atoms with E-state index in [1.807, 2.05) is 0 Å². The summed E-state index contributed by atoms with van der Waals surface area (Å²) in [6.45, 7) is 3.46. The van der Waals surface area contributed by atoms with Crippen molar-refractivity contribution in [1.82, 2.24) is 0 Å². The zero-order valence-corrected chi connectivity index (χ0v) is 12.7. The molecule has 1 fully saturated rings. The quantitative estimate of drug-likeness (QED) is 0.926. The number of ether oxygens (including phenoxy) is 2. The molecule has 114 valence electrons. The lowest BCUT2D eigenvalue weighted by Crippen LogP contribution is -2.25. The summed E-state index contributed by atoms with van der Waals surface area (Å²) in [6.07, 6.45) is 6.59. The first-order valence-corrected chi connectivity index (χ1v) is 7.86. The van der Waals surface area contributed by atoms with Crippen LogP contribution in [0, 0.1) is 0 Å². The van der Waals surface area contributed by atoms with Gasteiger partial charge in [0, 0.05) is 0 Å². The van der Waals surface area contributed by atoms with E-state index in [0.717, 1.165) is 5.75 Å². The van der Waals surface area contributed by atoms with Gasteiger partial charge in [0.25, 0.3) is 6.02 Å². The molecule has 1 atom stereocenters. The summed E-state index contributed by atoms with van der Waals surface area (Å²) in [5.74, 6) is 0.882. The minimum absolute atomic E-state index is 0.0551. The van der Waals surface area contributed by atoms with Crippen molar-refractivity contribution in [2.24, 2.45) is 10.7 Å². The predicted molar refractivity (Wildman–Crippen MR) is 83.7 cm³/mol. The summed E-state index contributed by atoms with van der Waals surface area (Å²) < 4.78 is 11.1. The maximum absolute atomic E-state index is 5.76. The lowest BCUT2D eigenvalue weighted by molar-refractivity contribution is 0.141. The summed E-state index contributed by atoms with van der Waals surface area (Å²) in [5.41, 5.74) is 7.25. The first-order chi connectivity index (χ1) is 10.2. The van der Waals surface area contributed by atoms with Crippen LogP contribution >= 0.6 is 0 Å². The van der Waals surface area contributed by atoms with Crippen molar-refractivity contribution in [2.75, 3.05) is 13.2 Å². The average molecular weight is 288 g/mol. The first kappa shape index (κ1) is 14.2. The Balaban J connectivity index is 1.56. The fourth-order valence-corrected chi connectivity index (χ4v) is 3.29. The third-order valence-corrected chi connectivity index (χ3v) is 4.68. The standard InChI is InChI=1S/C17H24N2O2/c1-17(9-3-2-4-10-17)13-5-7-14(8-6-13)20-12-15-11-19-16(18)21-15/h5-8,15H,2-4,9-12H2,1H3,(H2,18,19)/t15-/m0/s1. The molecular formula is C17H24N2O2. The molecule has 1 heterocycles. The highest BCUT2D eigenvalue weighted by molar-refractivity contribution is 5.73. The third-order valence-electron chi connectivity index (χ3n) is 4.68. The van der Waals surface area contributed by atoms with Crippen LogP contribution in [-0.2, 0) is 10.2 Å². The smallest absolute Gasteiger partial charge is 0.282 e. The second kappa shape index (κ2) is 5.96. The van der Waals surface area contributed by atoms with Crippen molar-refractivity contribution in [2.45, 2.75) is 50.5 Å². The Morgan fingerprint density at radius 3 is 2.57 bits per heavy atom. The monoisotopic (exact) mass is 288 g/mol. The van der Waals surface area contributed by atoms with Gasteiger partial charge in [0.2, 0.25) is 0 Å². The summed E-state index contributed by atoms with van der Waals surface area (Å²) >= 11 is 0. The van der Waals surface area contributed by atoms with Crippen LogP contribution in [0.3, 0.4) is 0 Å². The Hall–Kier alpha value is -1.71. The highest BCUT2D eigenvalue weighted by Gasteiger charge is 2.28. The lowest BCUT2D eigenvalue weighted by atomic mass is 9.71. The number of amidine groups is 1. The largest absolute Gasteiger partial charge is 0.490 e. The van der Waals surface area contributed by atoms with E-state index in [1.165, 1.54) is 37.7 Å². The Kier molecular flexibility index (Phi) is 4.04. The third kappa shape index (κ3) is 3.31. The van der Waals surface area contributed by atoms with Crippen LogP contribution in [-0.4, -0.2) is 25.3 Å². The van der Waals surface area contributed by atoms with E-state index in [0.29, 0.717) is 18.6 Å². The maximum Gasteiger partial charge on any atom is 0.282 e. The molecule has 0 saturated heterocycles. The molecule has 21 heavy (non-hydrogen) atoms. The Morgan fingerprint density at radius 2 is 1.95 bits per heavy atom. The van der Waals surface area contributed by atoms with Gasteiger partial charge >= 0.3 is 0 Å². The van der Waals surface area contributed by atoms with Gasteiger partial charge in [0.15, 0.2) is 6.10 Å². The zero-order valence-electron chi connectivity index (χ0n) is 12.7. The molecule has 1 aliphatic carbocycles. The number of nitrogens with zero attached hydrogens (tertiary/aromatic N) is 1.